The van der Waals surface area contributed by atoms with E-state index in [1.807, 2.05) is 0 Å². The van der Waals surface area contributed by atoms with Gasteiger partial charge in [0.25, 0.3) is 0 Å². The van der Waals surface area contributed by atoms with Crippen molar-refractivity contribution in [3.63, 3.8) is 0 Å². The van der Waals surface area contributed by atoms with Crippen LogP contribution in [0.15, 0.2) is 24.3 Å². The third-order valence-electron chi connectivity index (χ3n) is 2.61. The molecule has 0 radical (unpaired) electrons. The molecule has 0 spiro atoms. The molecule has 1 rings (SSSR count). The SMILES string of the molecule is CC(=O)N(Cc1ccc(F)cc1)[C@@H](C)C(F)(F)F. The van der Waals surface area contributed by atoms with Gasteiger partial charge in [-0.15, -0.1) is 0 Å². The first-order valence-corrected chi connectivity index (χ1v) is 5.30. The lowest BCUT2D eigenvalue weighted by molar-refractivity contribution is -0.186. The summed E-state index contributed by atoms with van der Waals surface area (Å²) in [6.07, 6.45) is -4.48. The van der Waals surface area contributed by atoms with Gasteiger partial charge < -0.3 is 4.90 Å². The summed E-state index contributed by atoms with van der Waals surface area (Å²) in [7, 11) is 0. The van der Waals surface area contributed by atoms with Gasteiger partial charge in [-0.2, -0.15) is 13.2 Å². The second-order valence-corrected chi connectivity index (χ2v) is 3.99. The molecule has 0 N–H and O–H groups in total. The van der Waals surface area contributed by atoms with E-state index in [0.29, 0.717) is 10.5 Å². The average Bonchev–Trinajstić information content (AvgIpc) is 2.25. The molecule has 2 nitrogen and oxygen atoms in total. The molecule has 0 saturated heterocycles. The molecule has 1 atom stereocenters. The summed E-state index contributed by atoms with van der Waals surface area (Å²) in [6, 6.07) is 3.13. The van der Waals surface area contributed by atoms with Gasteiger partial charge in [0.15, 0.2) is 0 Å². The molecule has 0 aliphatic rings. The fourth-order valence-electron chi connectivity index (χ4n) is 1.48. The van der Waals surface area contributed by atoms with Crippen LogP contribution in [-0.4, -0.2) is 23.0 Å². The largest absolute Gasteiger partial charge is 0.408 e. The number of hydrogen-bond acceptors (Lipinski definition) is 1. The van der Waals surface area contributed by atoms with Crippen molar-refractivity contribution in [2.24, 2.45) is 0 Å². The minimum absolute atomic E-state index is 0.198. The summed E-state index contributed by atoms with van der Waals surface area (Å²) < 4.78 is 50.4. The number of hydrogen-bond donors (Lipinski definition) is 0. The fraction of sp³-hybridized carbons (Fsp3) is 0.417. The van der Waals surface area contributed by atoms with Crippen LogP contribution in [0.25, 0.3) is 0 Å². The van der Waals surface area contributed by atoms with Crippen LogP contribution >= 0.6 is 0 Å². The maximum atomic E-state index is 12.7. The highest BCUT2D eigenvalue weighted by Crippen LogP contribution is 2.25. The monoisotopic (exact) mass is 263 g/mol. The van der Waals surface area contributed by atoms with Gasteiger partial charge in [-0.25, -0.2) is 4.39 Å². The third kappa shape index (κ3) is 3.72. The summed E-state index contributed by atoms with van der Waals surface area (Å²) in [5, 5.41) is 0. The van der Waals surface area contributed by atoms with E-state index < -0.39 is 23.9 Å². The minimum atomic E-state index is -4.48. The highest BCUT2D eigenvalue weighted by atomic mass is 19.4. The number of carbonyl (C=O) groups excluding carboxylic acids is 1. The van der Waals surface area contributed by atoms with E-state index in [4.69, 9.17) is 0 Å². The van der Waals surface area contributed by atoms with Crippen LogP contribution in [0.4, 0.5) is 17.6 Å². The first kappa shape index (κ1) is 14.5. The predicted molar refractivity (Wildman–Crippen MR) is 58.1 cm³/mol. The lowest BCUT2D eigenvalue weighted by Gasteiger charge is -2.29. The summed E-state index contributed by atoms with van der Waals surface area (Å²) in [6.45, 7) is 1.80. The minimum Gasteiger partial charge on any atom is -0.327 e. The van der Waals surface area contributed by atoms with Crippen molar-refractivity contribution in [3.8, 4) is 0 Å². The molecule has 0 aliphatic heterocycles. The Kier molecular flexibility index (Phi) is 4.32. The van der Waals surface area contributed by atoms with Crippen LogP contribution in [0.1, 0.15) is 19.4 Å². The van der Waals surface area contributed by atoms with Crippen molar-refractivity contribution in [1.29, 1.82) is 0 Å². The molecule has 0 bridgehead atoms. The number of halogens is 4. The molecular weight excluding hydrogens is 250 g/mol. The zero-order valence-corrected chi connectivity index (χ0v) is 9.96. The van der Waals surface area contributed by atoms with Crippen LogP contribution in [0, 0.1) is 5.82 Å². The Hall–Kier alpha value is -1.59. The molecule has 0 unspecified atom stereocenters. The van der Waals surface area contributed by atoms with Gasteiger partial charge in [-0.1, -0.05) is 12.1 Å². The van der Waals surface area contributed by atoms with Crippen LogP contribution in [0.2, 0.25) is 0 Å². The quantitative estimate of drug-likeness (QED) is 0.767. The molecule has 0 fully saturated rings. The Morgan fingerprint density at radius 3 is 2.17 bits per heavy atom. The Balaban J connectivity index is 2.88. The maximum absolute atomic E-state index is 12.7. The number of amides is 1. The Morgan fingerprint density at radius 2 is 1.78 bits per heavy atom. The maximum Gasteiger partial charge on any atom is 0.408 e. The van der Waals surface area contributed by atoms with E-state index in [-0.39, 0.29) is 6.54 Å². The van der Waals surface area contributed by atoms with Crippen molar-refractivity contribution in [2.45, 2.75) is 32.6 Å². The molecule has 6 heteroatoms. The van der Waals surface area contributed by atoms with Gasteiger partial charge in [0.05, 0.1) is 0 Å². The smallest absolute Gasteiger partial charge is 0.327 e. The third-order valence-corrected chi connectivity index (χ3v) is 2.61. The van der Waals surface area contributed by atoms with Crippen molar-refractivity contribution in [2.75, 3.05) is 0 Å². The highest BCUT2D eigenvalue weighted by Gasteiger charge is 2.41. The summed E-state index contributed by atoms with van der Waals surface area (Å²) >= 11 is 0. The van der Waals surface area contributed by atoms with Gasteiger partial charge in [-0.3, -0.25) is 4.79 Å². The van der Waals surface area contributed by atoms with Gasteiger partial charge in [0.1, 0.15) is 11.9 Å². The van der Waals surface area contributed by atoms with E-state index in [0.717, 1.165) is 26.0 Å². The van der Waals surface area contributed by atoms with Crippen molar-refractivity contribution in [1.82, 2.24) is 4.90 Å². The average molecular weight is 263 g/mol. The van der Waals surface area contributed by atoms with Crippen molar-refractivity contribution < 1.29 is 22.4 Å². The number of carbonyl (C=O) groups is 1. The zero-order valence-electron chi connectivity index (χ0n) is 9.96. The first-order valence-electron chi connectivity index (χ1n) is 5.30. The molecule has 18 heavy (non-hydrogen) atoms. The lowest BCUT2D eigenvalue weighted by atomic mass is 10.1. The summed E-state index contributed by atoms with van der Waals surface area (Å²) in [5.74, 6) is -1.15. The highest BCUT2D eigenvalue weighted by molar-refractivity contribution is 5.73. The molecule has 0 aromatic heterocycles. The lowest BCUT2D eigenvalue weighted by Crippen LogP contribution is -2.45. The number of rotatable bonds is 3. The van der Waals surface area contributed by atoms with Crippen molar-refractivity contribution >= 4 is 5.91 Å². The standard InChI is InChI=1S/C12H13F4NO/c1-8(12(14,15)16)17(9(2)18)7-10-3-5-11(13)6-4-10/h3-6,8H,7H2,1-2H3/t8-/m0/s1. The molecule has 1 aromatic rings. The fourth-order valence-corrected chi connectivity index (χ4v) is 1.48. The second kappa shape index (κ2) is 5.37. The normalized spacial score (nSPS) is 13.2. The van der Waals surface area contributed by atoms with E-state index >= 15 is 0 Å². The Bertz CT molecular complexity index is 413. The number of benzene rings is 1. The number of nitrogens with zero attached hydrogens (tertiary/aromatic N) is 1. The van der Waals surface area contributed by atoms with E-state index in [1.165, 1.54) is 12.1 Å². The van der Waals surface area contributed by atoms with Crippen molar-refractivity contribution in [3.05, 3.63) is 35.6 Å². The van der Waals surface area contributed by atoms with Gasteiger partial charge >= 0.3 is 6.18 Å². The van der Waals surface area contributed by atoms with Crippen LogP contribution in [0.5, 0.6) is 0 Å². The van der Waals surface area contributed by atoms with E-state index in [1.54, 1.807) is 0 Å². The number of alkyl halides is 3. The Morgan fingerprint density at radius 1 is 1.28 bits per heavy atom. The molecule has 0 saturated carbocycles. The topological polar surface area (TPSA) is 20.3 Å². The van der Waals surface area contributed by atoms with E-state index in [9.17, 15) is 22.4 Å². The summed E-state index contributed by atoms with van der Waals surface area (Å²) in [4.78, 5) is 12.0. The van der Waals surface area contributed by atoms with Gasteiger partial charge in [0.2, 0.25) is 5.91 Å². The van der Waals surface area contributed by atoms with Gasteiger partial charge in [0, 0.05) is 13.5 Å². The van der Waals surface area contributed by atoms with Gasteiger partial charge in [-0.05, 0) is 24.6 Å². The first-order chi connectivity index (χ1) is 8.21. The zero-order chi connectivity index (χ0) is 13.9. The van der Waals surface area contributed by atoms with Crippen LogP contribution in [0.3, 0.4) is 0 Å². The molecular formula is C12H13F4NO. The Labute approximate surface area is 102 Å². The van der Waals surface area contributed by atoms with Crippen LogP contribution in [-0.2, 0) is 11.3 Å². The molecule has 1 aromatic carbocycles. The predicted octanol–water partition coefficient (Wildman–Crippen LogP) is 3.13. The second-order valence-electron chi connectivity index (χ2n) is 3.99. The molecule has 100 valence electrons. The molecule has 0 aliphatic carbocycles. The molecule has 0 heterocycles. The molecule has 1 amide bonds. The van der Waals surface area contributed by atoms with Crippen LogP contribution < -0.4 is 0 Å². The summed E-state index contributed by atoms with van der Waals surface area (Å²) in [5.41, 5.74) is 0.447. The van der Waals surface area contributed by atoms with E-state index in [2.05, 4.69) is 0 Å².